The molecule has 0 radical (unpaired) electrons. The lowest BCUT2D eigenvalue weighted by Crippen LogP contribution is -2.23. The molecule has 1 amide bonds. The van der Waals surface area contributed by atoms with Crippen LogP contribution in [0.2, 0.25) is 5.02 Å². The molecule has 0 unspecified atom stereocenters. The molecule has 0 saturated heterocycles. The largest absolute Gasteiger partial charge is 0.495 e. The zero-order valence-electron chi connectivity index (χ0n) is 18.5. The highest BCUT2D eigenvalue weighted by atomic mass is 35.5. The normalized spacial score (nSPS) is 10.6. The van der Waals surface area contributed by atoms with Crippen molar-refractivity contribution in [2.24, 2.45) is 0 Å². The van der Waals surface area contributed by atoms with E-state index in [9.17, 15) is 9.59 Å². The molecule has 3 aromatic carbocycles. The van der Waals surface area contributed by atoms with Gasteiger partial charge in [-0.1, -0.05) is 23.7 Å². The summed E-state index contributed by atoms with van der Waals surface area (Å²) in [6, 6.07) is 21.0. The molecule has 1 heterocycles. The number of halogens is 1. The Bertz CT molecular complexity index is 1300. The molecule has 0 aliphatic rings. The number of carbonyl (C=O) groups excluding carboxylic acids is 2. The lowest BCUT2D eigenvalue weighted by molar-refractivity contribution is -0.115. The van der Waals surface area contributed by atoms with Crippen LogP contribution >= 0.6 is 22.9 Å². The second-order valence-electron chi connectivity index (χ2n) is 7.30. The molecule has 6 nitrogen and oxygen atoms in total. The second-order valence-corrected chi connectivity index (χ2v) is 8.57. The van der Waals surface area contributed by atoms with Gasteiger partial charge in [-0.3, -0.25) is 14.5 Å². The van der Waals surface area contributed by atoms with E-state index in [0.29, 0.717) is 44.2 Å². The Morgan fingerprint density at radius 1 is 0.971 bits per heavy atom. The van der Waals surface area contributed by atoms with Crippen LogP contribution in [-0.4, -0.2) is 23.8 Å². The zero-order chi connectivity index (χ0) is 24.1. The summed E-state index contributed by atoms with van der Waals surface area (Å²) in [5, 5.41) is 2.96. The van der Waals surface area contributed by atoms with Crippen LogP contribution in [-0.2, 0) is 11.4 Å². The summed E-state index contributed by atoms with van der Waals surface area (Å²) < 4.78 is 11.2. The van der Waals surface area contributed by atoms with Gasteiger partial charge in [0.15, 0.2) is 10.9 Å². The number of amides is 1. The summed E-state index contributed by atoms with van der Waals surface area (Å²) in [5.41, 5.74) is 2.43. The second kappa shape index (κ2) is 10.5. The Hall–Kier alpha value is -3.68. The number of nitrogens with zero attached hydrogens (tertiary/aromatic N) is 2. The number of anilines is 2. The third-order valence-electron chi connectivity index (χ3n) is 4.98. The Morgan fingerprint density at radius 2 is 1.62 bits per heavy atom. The van der Waals surface area contributed by atoms with E-state index in [1.54, 1.807) is 61.7 Å². The lowest BCUT2D eigenvalue weighted by Gasteiger charge is -2.20. The minimum atomic E-state index is -0.174. The molecule has 172 valence electrons. The molecular weight excluding hydrogens is 472 g/mol. The van der Waals surface area contributed by atoms with Crippen LogP contribution < -0.4 is 14.4 Å². The molecular formula is C26H21ClN2O4S. The van der Waals surface area contributed by atoms with Gasteiger partial charge >= 0.3 is 0 Å². The van der Waals surface area contributed by atoms with Crippen LogP contribution in [0.15, 0.2) is 78.2 Å². The molecule has 34 heavy (non-hydrogen) atoms. The first-order valence-corrected chi connectivity index (χ1v) is 11.6. The van der Waals surface area contributed by atoms with E-state index in [1.807, 2.05) is 23.6 Å². The van der Waals surface area contributed by atoms with E-state index >= 15 is 0 Å². The minimum absolute atomic E-state index is 0.0898. The van der Waals surface area contributed by atoms with Crippen molar-refractivity contribution in [3.63, 3.8) is 0 Å². The van der Waals surface area contributed by atoms with E-state index in [4.69, 9.17) is 21.1 Å². The van der Waals surface area contributed by atoms with E-state index in [-0.39, 0.29) is 18.3 Å². The Balaban J connectivity index is 1.44. The van der Waals surface area contributed by atoms with Crippen LogP contribution in [0.3, 0.4) is 0 Å². The molecule has 0 atom stereocenters. The monoisotopic (exact) mass is 492 g/mol. The SMILES string of the molecule is COc1ccccc1N(C(C)=O)c1nc(COc2ccc(C(=O)c3ccc(Cl)cc3)cc2)cs1. The van der Waals surface area contributed by atoms with Gasteiger partial charge in [0.25, 0.3) is 0 Å². The van der Waals surface area contributed by atoms with Crippen LogP contribution in [0, 0.1) is 0 Å². The van der Waals surface area contributed by atoms with Crippen LogP contribution in [0.4, 0.5) is 10.8 Å². The van der Waals surface area contributed by atoms with Crippen molar-refractivity contribution in [3.8, 4) is 11.5 Å². The van der Waals surface area contributed by atoms with Crippen LogP contribution in [0.1, 0.15) is 28.5 Å². The van der Waals surface area contributed by atoms with Crippen LogP contribution in [0.25, 0.3) is 0 Å². The van der Waals surface area contributed by atoms with Gasteiger partial charge in [-0.25, -0.2) is 4.98 Å². The Morgan fingerprint density at radius 3 is 2.26 bits per heavy atom. The fraction of sp³-hybridized carbons (Fsp3) is 0.115. The summed E-state index contributed by atoms with van der Waals surface area (Å²) in [6.07, 6.45) is 0. The fourth-order valence-corrected chi connectivity index (χ4v) is 4.31. The number of ketones is 1. The average molecular weight is 493 g/mol. The highest BCUT2D eigenvalue weighted by molar-refractivity contribution is 7.14. The van der Waals surface area contributed by atoms with E-state index in [1.165, 1.54) is 23.2 Å². The summed E-state index contributed by atoms with van der Waals surface area (Å²) in [6.45, 7) is 1.70. The standard InChI is InChI=1S/C26H21ClN2O4S/c1-17(30)29(23-5-3-4-6-24(23)32-2)26-28-21(16-34-26)15-33-22-13-9-19(10-14-22)25(31)18-7-11-20(27)12-8-18/h3-14,16H,15H2,1-2H3. The van der Waals surface area contributed by atoms with Crippen molar-refractivity contribution in [2.45, 2.75) is 13.5 Å². The summed E-state index contributed by atoms with van der Waals surface area (Å²) in [5.74, 6) is 0.926. The maximum atomic E-state index is 12.6. The third kappa shape index (κ3) is 5.27. The zero-order valence-corrected chi connectivity index (χ0v) is 20.1. The van der Waals surface area contributed by atoms with E-state index in [2.05, 4.69) is 4.98 Å². The molecule has 1 aromatic heterocycles. The van der Waals surface area contributed by atoms with E-state index < -0.39 is 0 Å². The molecule has 0 fully saturated rings. The third-order valence-corrected chi connectivity index (χ3v) is 6.11. The number of ether oxygens (including phenoxy) is 2. The highest BCUT2D eigenvalue weighted by Crippen LogP contribution is 2.35. The number of carbonyl (C=O) groups is 2. The predicted octanol–water partition coefficient (Wildman–Crippen LogP) is 6.30. The summed E-state index contributed by atoms with van der Waals surface area (Å²) in [4.78, 5) is 31.1. The maximum Gasteiger partial charge on any atom is 0.230 e. The van der Waals surface area contributed by atoms with Crippen molar-refractivity contribution in [1.82, 2.24) is 4.98 Å². The smallest absolute Gasteiger partial charge is 0.230 e. The first-order chi connectivity index (χ1) is 16.5. The Kier molecular flexibility index (Phi) is 7.25. The lowest BCUT2D eigenvalue weighted by atomic mass is 10.0. The number of methoxy groups -OCH3 is 1. The van der Waals surface area contributed by atoms with Gasteiger partial charge in [0.2, 0.25) is 5.91 Å². The quantitative estimate of drug-likeness (QED) is 0.270. The van der Waals surface area contributed by atoms with Gasteiger partial charge in [0.1, 0.15) is 18.1 Å². The van der Waals surface area contributed by atoms with Gasteiger partial charge in [-0.2, -0.15) is 0 Å². The minimum Gasteiger partial charge on any atom is -0.495 e. The number of para-hydroxylation sites is 2. The molecule has 0 aliphatic heterocycles. The van der Waals surface area contributed by atoms with E-state index in [0.717, 1.165) is 0 Å². The molecule has 0 N–H and O–H groups in total. The molecule has 4 rings (SSSR count). The van der Waals surface area contributed by atoms with Crippen molar-refractivity contribution in [2.75, 3.05) is 12.0 Å². The number of aromatic nitrogens is 1. The van der Waals surface area contributed by atoms with Crippen molar-refractivity contribution >= 4 is 45.4 Å². The van der Waals surface area contributed by atoms with Crippen molar-refractivity contribution < 1.29 is 19.1 Å². The number of thiazole rings is 1. The number of hydrogen-bond acceptors (Lipinski definition) is 6. The van der Waals surface area contributed by atoms with Gasteiger partial charge in [0, 0.05) is 28.5 Å². The average Bonchev–Trinajstić information content (AvgIpc) is 3.31. The topological polar surface area (TPSA) is 68.7 Å². The molecule has 8 heteroatoms. The summed E-state index contributed by atoms with van der Waals surface area (Å²) in [7, 11) is 1.56. The number of rotatable bonds is 8. The first-order valence-electron chi connectivity index (χ1n) is 10.4. The van der Waals surface area contributed by atoms with Gasteiger partial charge < -0.3 is 9.47 Å². The number of hydrogen-bond donors (Lipinski definition) is 0. The molecule has 0 saturated carbocycles. The van der Waals surface area contributed by atoms with Gasteiger partial charge in [0.05, 0.1) is 18.5 Å². The Labute approximate surface area is 206 Å². The molecule has 0 aliphatic carbocycles. The van der Waals surface area contributed by atoms with Crippen LogP contribution in [0.5, 0.6) is 11.5 Å². The molecule has 0 bridgehead atoms. The van der Waals surface area contributed by atoms with Crippen molar-refractivity contribution in [3.05, 3.63) is 100 Å². The van der Waals surface area contributed by atoms with Gasteiger partial charge in [-0.15, -0.1) is 11.3 Å². The highest BCUT2D eigenvalue weighted by Gasteiger charge is 2.21. The molecule has 0 spiro atoms. The predicted molar refractivity (Wildman–Crippen MR) is 134 cm³/mol. The first kappa shape index (κ1) is 23.5. The van der Waals surface area contributed by atoms with Gasteiger partial charge in [-0.05, 0) is 60.7 Å². The fourth-order valence-electron chi connectivity index (χ4n) is 3.31. The molecule has 4 aromatic rings. The van der Waals surface area contributed by atoms with Crippen molar-refractivity contribution in [1.29, 1.82) is 0 Å². The number of benzene rings is 3. The maximum absolute atomic E-state index is 12.6. The summed E-state index contributed by atoms with van der Waals surface area (Å²) >= 11 is 7.23.